The third kappa shape index (κ3) is 7.01. The van der Waals surface area contributed by atoms with Gasteiger partial charge in [0.1, 0.15) is 0 Å². The molecule has 0 aromatic heterocycles. The van der Waals surface area contributed by atoms with Gasteiger partial charge < -0.3 is 14.9 Å². The van der Waals surface area contributed by atoms with Crippen LogP contribution in [0.5, 0.6) is 0 Å². The van der Waals surface area contributed by atoms with Crippen molar-refractivity contribution in [3.8, 4) is 0 Å². The van der Waals surface area contributed by atoms with E-state index in [9.17, 15) is 5.11 Å². The molecule has 0 amide bonds. The van der Waals surface area contributed by atoms with E-state index in [1.54, 1.807) is 0 Å². The topological polar surface area (TPSA) is 52.9 Å². The molecule has 0 fully saturated rings. The van der Waals surface area contributed by atoms with Gasteiger partial charge in [0.05, 0.1) is 19.3 Å². The molecule has 0 bridgehead atoms. The Balaban J connectivity index is 2.25. The van der Waals surface area contributed by atoms with Crippen LogP contribution in [0.2, 0.25) is 0 Å². The minimum absolute atomic E-state index is 0.184. The van der Waals surface area contributed by atoms with Crippen molar-refractivity contribution >= 4 is 0 Å². The monoisotopic (exact) mass is 281 g/mol. The van der Waals surface area contributed by atoms with Crippen molar-refractivity contribution < 1.29 is 14.9 Å². The maximum Gasteiger partial charge on any atom is 0.0900 e. The molecule has 1 aromatic carbocycles. The maximum absolute atomic E-state index is 10.0. The van der Waals surface area contributed by atoms with Crippen molar-refractivity contribution in [3.05, 3.63) is 35.9 Å². The molecule has 20 heavy (non-hydrogen) atoms. The summed E-state index contributed by atoms with van der Waals surface area (Å²) in [5, 5.41) is 18.9. The summed E-state index contributed by atoms with van der Waals surface area (Å²) in [7, 11) is 0. The minimum atomic E-state index is -0.500. The number of aliphatic hydroxyl groups excluding tert-OH is 2. The van der Waals surface area contributed by atoms with E-state index in [4.69, 9.17) is 9.84 Å². The molecule has 0 aliphatic carbocycles. The van der Waals surface area contributed by atoms with Gasteiger partial charge in [0, 0.05) is 25.7 Å². The highest BCUT2D eigenvalue weighted by atomic mass is 16.5. The minimum Gasteiger partial charge on any atom is -0.396 e. The van der Waals surface area contributed by atoms with E-state index in [1.165, 1.54) is 0 Å². The molecule has 0 aliphatic rings. The smallest absolute Gasteiger partial charge is 0.0900 e. The standard InChI is InChI=1S/C16H27NO3/c1-14(2)17(9-6-10-18)11-16(19)13-20-12-15-7-4-3-5-8-15/h3-5,7-8,14,16,18-19H,6,9-13H2,1-2H3. The quantitative estimate of drug-likeness (QED) is 0.685. The normalized spacial score (nSPS) is 13.1. The Kier molecular flexibility index (Phi) is 8.46. The summed E-state index contributed by atoms with van der Waals surface area (Å²) in [4.78, 5) is 2.16. The zero-order valence-corrected chi connectivity index (χ0v) is 12.5. The summed E-state index contributed by atoms with van der Waals surface area (Å²) < 4.78 is 5.54. The summed E-state index contributed by atoms with van der Waals surface area (Å²) in [6, 6.07) is 10.3. The van der Waals surface area contributed by atoms with Crippen LogP contribution in [0.1, 0.15) is 25.8 Å². The van der Waals surface area contributed by atoms with Gasteiger partial charge in [-0.15, -0.1) is 0 Å². The predicted octanol–water partition coefficient (Wildman–Crippen LogP) is 1.66. The molecule has 1 aromatic rings. The average Bonchev–Trinajstić information content (AvgIpc) is 2.44. The van der Waals surface area contributed by atoms with E-state index in [1.807, 2.05) is 30.3 Å². The highest BCUT2D eigenvalue weighted by Gasteiger charge is 2.14. The van der Waals surface area contributed by atoms with Crippen LogP contribution >= 0.6 is 0 Å². The molecular formula is C16H27NO3. The first kappa shape index (κ1) is 17.1. The lowest BCUT2D eigenvalue weighted by atomic mass is 10.2. The molecule has 0 radical (unpaired) electrons. The number of aliphatic hydroxyl groups is 2. The molecule has 2 N–H and O–H groups in total. The molecular weight excluding hydrogens is 254 g/mol. The molecule has 4 nitrogen and oxygen atoms in total. The van der Waals surface area contributed by atoms with E-state index < -0.39 is 6.10 Å². The van der Waals surface area contributed by atoms with Gasteiger partial charge in [-0.05, 0) is 25.8 Å². The van der Waals surface area contributed by atoms with Crippen LogP contribution in [0, 0.1) is 0 Å². The molecule has 1 rings (SSSR count). The Morgan fingerprint density at radius 2 is 1.90 bits per heavy atom. The lowest BCUT2D eigenvalue weighted by Gasteiger charge is -2.28. The highest BCUT2D eigenvalue weighted by molar-refractivity contribution is 5.13. The van der Waals surface area contributed by atoms with Crippen LogP contribution in [0.4, 0.5) is 0 Å². The fourth-order valence-corrected chi connectivity index (χ4v) is 2.04. The van der Waals surface area contributed by atoms with Gasteiger partial charge in [0.15, 0.2) is 0 Å². The van der Waals surface area contributed by atoms with Crippen LogP contribution in [0.15, 0.2) is 30.3 Å². The Morgan fingerprint density at radius 1 is 1.20 bits per heavy atom. The van der Waals surface area contributed by atoms with Crippen LogP contribution in [0.3, 0.4) is 0 Å². The number of ether oxygens (including phenoxy) is 1. The van der Waals surface area contributed by atoms with Crippen molar-refractivity contribution in [1.29, 1.82) is 0 Å². The van der Waals surface area contributed by atoms with Crippen molar-refractivity contribution in [2.45, 2.75) is 39.0 Å². The van der Waals surface area contributed by atoms with Gasteiger partial charge >= 0.3 is 0 Å². The number of nitrogens with zero attached hydrogens (tertiary/aromatic N) is 1. The van der Waals surface area contributed by atoms with E-state index in [0.717, 1.165) is 18.5 Å². The lowest BCUT2D eigenvalue weighted by molar-refractivity contribution is 0.00390. The molecule has 0 saturated carbocycles. The number of hydrogen-bond acceptors (Lipinski definition) is 4. The van der Waals surface area contributed by atoms with Crippen molar-refractivity contribution in [2.75, 3.05) is 26.3 Å². The first-order valence-electron chi connectivity index (χ1n) is 7.28. The average molecular weight is 281 g/mol. The van der Waals surface area contributed by atoms with Gasteiger partial charge in [-0.3, -0.25) is 4.90 Å². The predicted molar refractivity (Wildman–Crippen MR) is 80.5 cm³/mol. The second kappa shape index (κ2) is 9.88. The van der Waals surface area contributed by atoms with Crippen molar-refractivity contribution in [1.82, 2.24) is 4.90 Å². The van der Waals surface area contributed by atoms with Gasteiger partial charge in [-0.2, -0.15) is 0 Å². The Bertz CT molecular complexity index is 343. The summed E-state index contributed by atoms with van der Waals surface area (Å²) in [6.45, 7) is 6.59. The van der Waals surface area contributed by atoms with E-state index in [0.29, 0.717) is 25.8 Å². The first-order valence-corrected chi connectivity index (χ1v) is 7.28. The van der Waals surface area contributed by atoms with Crippen molar-refractivity contribution in [2.24, 2.45) is 0 Å². The SMILES string of the molecule is CC(C)N(CCCO)CC(O)COCc1ccccc1. The second-order valence-corrected chi connectivity index (χ2v) is 5.32. The van der Waals surface area contributed by atoms with E-state index >= 15 is 0 Å². The lowest BCUT2D eigenvalue weighted by Crippen LogP contribution is -2.40. The maximum atomic E-state index is 10.0. The summed E-state index contributed by atoms with van der Waals surface area (Å²) >= 11 is 0. The molecule has 1 atom stereocenters. The molecule has 114 valence electrons. The van der Waals surface area contributed by atoms with Gasteiger partial charge in [0.2, 0.25) is 0 Å². The van der Waals surface area contributed by atoms with Gasteiger partial charge in [-0.25, -0.2) is 0 Å². The largest absolute Gasteiger partial charge is 0.396 e. The Labute approximate surface area is 122 Å². The van der Waals surface area contributed by atoms with E-state index in [2.05, 4.69) is 18.7 Å². The summed E-state index contributed by atoms with van der Waals surface area (Å²) in [5.74, 6) is 0. The van der Waals surface area contributed by atoms with Gasteiger partial charge in [-0.1, -0.05) is 30.3 Å². The third-order valence-corrected chi connectivity index (χ3v) is 3.20. The molecule has 1 unspecified atom stereocenters. The van der Waals surface area contributed by atoms with Crippen molar-refractivity contribution in [3.63, 3.8) is 0 Å². The number of hydrogen-bond donors (Lipinski definition) is 2. The number of rotatable bonds is 10. The van der Waals surface area contributed by atoms with Gasteiger partial charge in [0.25, 0.3) is 0 Å². The molecule has 0 heterocycles. The highest BCUT2D eigenvalue weighted by Crippen LogP contribution is 2.04. The summed E-state index contributed by atoms with van der Waals surface area (Å²) in [5.41, 5.74) is 1.11. The second-order valence-electron chi connectivity index (χ2n) is 5.32. The molecule has 0 aliphatic heterocycles. The fourth-order valence-electron chi connectivity index (χ4n) is 2.04. The van der Waals surface area contributed by atoms with E-state index in [-0.39, 0.29) is 6.61 Å². The first-order chi connectivity index (χ1) is 9.63. The Morgan fingerprint density at radius 3 is 2.50 bits per heavy atom. The van der Waals surface area contributed by atoms with Crippen LogP contribution < -0.4 is 0 Å². The molecule has 0 spiro atoms. The van der Waals surface area contributed by atoms with Crippen LogP contribution in [-0.4, -0.2) is 53.6 Å². The Hall–Kier alpha value is -0.940. The zero-order valence-electron chi connectivity index (χ0n) is 12.5. The fraction of sp³-hybridized carbons (Fsp3) is 0.625. The third-order valence-electron chi connectivity index (χ3n) is 3.20. The van der Waals surface area contributed by atoms with Crippen LogP contribution in [-0.2, 0) is 11.3 Å². The number of benzene rings is 1. The van der Waals surface area contributed by atoms with Crippen LogP contribution in [0.25, 0.3) is 0 Å². The summed E-state index contributed by atoms with van der Waals surface area (Å²) in [6.07, 6.45) is 0.232. The zero-order chi connectivity index (χ0) is 14.8. The molecule has 0 saturated heterocycles. The molecule has 4 heteroatoms.